The number of hydrogen-bond acceptors (Lipinski definition) is 6. The van der Waals surface area contributed by atoms with E-state index in [0.717, 1.165) is 17.7 Å². The van der Waals surface area contributed by atoms with Crippen molar-refractivity contribution in [3.63, 3.8) is 0 Å². The topological polar surface area (TPSA) is 55.8 Å². The molecule has 1 heterocycles. The molecule has 0 aliphatic carbocycles. The largest absolute Gasteiger partial charge is 0.494 e. The first-order valence-electron chi connectivity index (χ1n) is 8.19. The third-order valence-electron chi connectivity index (χ3n) is 3.37. The number of carbonyl (C=O) groups is 2. The van der Waals surface area contributed by atoms with Crippen LogP contribution in [-0.4, -0.2) is 40.9 Å². The van der Waals surface area contributed by atoms with E-state index in [1.807, 2.05) is 38.1 Å². The molecule has 0 aromatic heterocycles. The van der Waals surface area contributed by atoms with Crippen LogP contribution < -0.4 is 4.74 Å². The van der Waals surface area contributed by atoms with Crippen LogP contribution in [0.4, 0.5) is 0 Å². The Balaban J connectivity index is 1.98. The summed E-state index contributed by atoms with van der Waals surface area (Å²) in [6.07, 6.45) is 2.71. The smallest absolute Gasteiger partial charge is 0.307 e. The second-order valence-corrected chi connectivity index (χ2v) is 6.98. The summed E-state index contributed by atoms with van der Waals surface area (Å²) >= 11 is 6.51. The highest BCUT2D eigenvalue weighted by Gasteiger charge is 2.32. The van der Waals surface area contributed by atoms with Crippen molar-refractivity contribution in [2.24, 2.45) is 0 Å². The standard InChI is InChI=1S/C18H21NO4S2/c1-3-11-23-16(20)9-10-19-17(21)15(25-18(19)24)12-13-5-7-14(8-6-13)22-4-2/h5-8,12H,3-4,9-11H2,1-2H3/b15-12-. The van der Waals surface area contributed by atoms with E-state index in [4.69, 9.17) is 21.7 Å². The third-order valence-corrected chi connectivity index (χ3v) is 4.75. The Labute approximate surface area is 157 Å². The summed E-state index contributed by atoms with van der Waals surface area (Å²) in [6.45, 7) is 5.11. The molecular formula is C18H21NO4S2. The molecule has 1 aromatic carbocycles. The van der Waals surface area contributed by atoms with Gasteiger partial charge in [0.25, 0.3) is 5.91 Å². The van der Waals surface area contributed by atoms with E-state index in [0.29, 0.717) is 22.4 Å². The fraction of sp³-hybridized carbons (Fsp3) is 0.389. The van der Waals surface area contributed by atoms with Gasteiger partial charge in [-0.15, -0.1) is 0 Å². The molecule has 5 nitrogen and oxygen atoms in total. The molecule has 1 aliphatic heterocycles. The number of thioether (sulfide) groups is 1. The van der Waals surface area contributed by atoms with Crippen LogP contribution in [0.15, 0.2) is 29.2 Å². The van der Waals surface area contributed by atoms with Crippen LogP contribution >= 0.6 is 24.0 Å². The van der Waals surface area contributed by atoms with Gasteiger partial charge in [0.2, 0.25) is 0 Å². The number of esters is 1. The first-order chi connectivity index (χ1) is 12.0. The summed E-state index contributed by atoms with van der Waals surface area (Å²) in [6, 6.07) is 7.50. The lowest BCUT2D eigenvalue weighted by Gasteiger charge is -2.13. The minimum atomic E-state index is -0.314. The van der Waals surface area contributed by atoms with Crippen LogP contribution in [0.2, 0.25) is 0 Å². The van der Waals surface area contributed by atoms with Crippen LogP contribution in [0, 0.1) is 0 Å². The second-order valence-electron chi connectivity index (χ2n) is 5.31. The summed E-state index contributed by atoms with van der Waals surface area (Å²) in [5.74, 6) is 0.302. The maximum absolute atomic E-state index is 12.5. The number of hydrogen-bond donors (Lipinski definition) is 0. The van der Waals surface area contributed by atoms with Crippen molar-refractivity contribution in [3.8, 4) is 5.75 Å². The van der Waals surface area contributed by atoms with E-state index < -0.39 is 0 Å². The Morgan fingerprint density at radius 2 is 2.00 bits per heavy atom. The maximum Gasteiger partial charge on any atom is 0.307 e. The molecule has 0 spiro atoms. The van der Waals surface area contributed by atoms with Crippen molar-refractivity contribution in [2.45, 2.75) is 26.7 Å². The molecule has 1 fully saturated rings. The van der Waals surface area contributed by atoms with Gasteiger partial charge in [-0.25, -0.2) is 0 Å². The third kappa shape index (κ3) is 5.57. The Hall–Kier alpha value is -1.86. The maximum atomic E-state index is 12.5. The van der Waals surface area contributed by atoms with Crippen LogP contribution in [0.3, 0.4) is 0 Å². The molecule has 0 radical (unpaired) electrons. The minimum absolute atomic E-state index is 0.142. The van der Waals surface area contributed by atoms with Gasteiger partial charge in [-0.05, 0) is 37.1 Å². The van der Waals surface area contributed by atoms with Crippen molar-refractivity contribution in [3.05, 3.63) is 34.7 Å². The second kappa shape index (κ2) is 9.58. The molecule has 134 valence electrons. The van der Waals surface area contributed by atoms with E-state index in [-0.39, 0.29) is 24.8 Å². The van der Waals surface area contributed by atoms with Gasteiger partial charge >= 0.3 is 5.97 Å². The molecule has 0 bridgehead atoms. The Morgan fingerprint density at radius 1 is 1.28 bits per heavy atom. The number of amides is 1. The SMILES string of the molecule is CCCOC(=O)CCN1C(=O)/C(=C/c2ccc(OCC)cc2)SC1=S. The highest BCUT2D eigenvalue weighted by Crippen LogP contribution is 2.32. The number of rotatable bonds is 8. The van der Waals surface area contributed by atoms with E-state index in [1.165, 1.54) is 16.7 Å². The van der Waals surface area contributed by atoms with Gasteiger partial charge in [-0.1, -0.05) is 43.0 Å². The van der Waals surface area contributed by atoms with Gasteiger partial charge < -0.3 is 9.47 Å². The van der Waals surface area contributed by atoms with Crippen molar-refractivity contribution in [1.29, 1.82) is 0 Å². The van der Waals surface area contributed by atoms with Crippen LogP contribution in [0.5, 0.6) is 5.75 Å². The summed E-state index contributed by atoms with van der Waals surface area (Å²) in [5, 5.41) is 0. The number of thiocarbonyl (C=S) groups is 1. The molecule has 1 aromatic rings. The molecule has 1 saturated heterocycles. The van der Waals surface area contributed by atoms with E-state index >= 15 is 0 Å². The summed E-state index contributed by atoms with van der Waals surface area (Å²) < 4.78 is 10.9. The Morgan fingerprint density at radius 3 is 2.64 bits per heavy atom. The van der Waals surface area contributed by atoms with E-state index in [1.54, 1.807) is 6.08 Å². The predicted octanol–water partition coefficient (Wildman–Crippen LogP) is 3.63. The van der Waals surface area contributed by atoms with Crippen molar-refractivity contribution < 1.29 is 19.1 Å². The monoisotopic (exact) mass is 379 g/mol. The zero-order valence-corrected chi connectivity index (χ0v) is 16.0. The number of nitrogens with zero attached hydrogens (tertiary/aromatic N) is 1. The van der Waals surface area contributed by atoms with Crippen LogP contribution in [0.1, 0.15) is 32.3 Å². The summed E-state index contributed by atoms with van der Waals surface area (Å²) in [4.78, 5) is 26.1. The molecule has 7 heteroatoms. The minimum Gasteiger partial charge on any atom is -0.494 e. The van der Waals surface area contributed by atoms with Crippen LogP contribution in [-0.2, 0) is 14.3 Å². The first kappa shape index (κ1) is 19.5. The lowest BCUT2D eigenvalue weighted by Crippen LogP contribution is -2.30. The van der Waals surface area contributed by atoms with Crippen LogP contribution in [0.25, 0.3) is 6.08 Å². The molecular weight excluding hydrogens is 358 g/mol. The molecule has 25 heavy (non-hydrogen) atoms. The van der Waals surface area contributed by atoms with Crippen molar-refractivity contribution in [2.75, 3.05) is 19.8 Å². The highest BCUT2D eigenvalue weighted by molar-refractivity contribution is 8.26. The van der Waals surface area contributed by atoms with E-state index in [2.05, 4.69) is 0 Å². The van der Waals surface area contributed by atoms with Gasteiger partial charge in [0.1, 0.15) is 10.1 Å². The average molecular weight is 380 g/mol. The predicted molar refractivity (Wildman–Crippen MR) is 103 cm³/mol. The fourth-order valence-corrected chi connectivity index (χ4v) is 3.47. The quantitative estimate of drug-likeness (QED) is 0.391. The summed E-state index contributed by atoms with van der Waals surface area (Å²) in [7, 11) is 0. The van der Waals surface area contributed by atoms with Gasteiger partial charge in [-0.2, -0.15) is 0 Å². The number of carbonyl (C=O) groups excluding carboxylic acids is 2. The molecule has 1 amide bonds. The zero-order valence-electron chi connectivity index (χ0n) is 14.3. The molecule has 0 atom stereocenters. The number of ether oxygens (including phenoxy) is 2. The fourth-order valence-electron chi connectivity index (χ4n) is 2.16. The number of benzene rings is 1. The molecule has 0 unspecified atom stereocenters. The summed E-state index contributed by atoms with van der Waals surface area (Å²) in [5.41, 5.74) is 0.895. The van der Waals surface area contributed by atoms with Crippen molar-refractivity contribution >= 4 is 46.3 Å². The highest BCUT2D eigenvalue weighted by atomic mass is 32.2. The Bertz CT molecular complexity index is 670. The first-order valence-corrected chi connectivity index (χ1v) is 9.41. The van der Waals surface area contributed by atoms with Gasteiger partial charge in [-0.3, -0.25) is 14.5 Å². The van der Waals surface area contributed by atoms with Crippen molar-refractivity contribution in [1.82, 2.24) is 4.90 Å². The van der Waals surface area contributed by atoms with Gasteiger partial charge in [0.15, 0.2) is 0 Å². The Kier molecular flexibility index (Phi) is 7.46. The average Bonchev–Trinajstić information content (AvgIpc) is 2.86. The van der Waals surface area contributed by atoms with E-state index in [9.17, 15) is 9.59 Å². The normalized spacial score (nSPS) is 15.8. The molecule has 0 saturated carbocycles. The molecule has 0 N–H and O–H groups in total. The van der Waals surface area contributed by atoms with Gasteiger partial charge in [0.05, 0.1) is 24.5 Å². The lowest BCUT2D eigenvalue weighted by molar-refractivity contribution is -0.143. The molecule has 1 aliphatic rings. The van der Waals surface area contributed by atoms with Gasteiger partial charge in [0, 0.05) is 6.54 Å². The lowest BCUT2D eigenvalue weighted by atomic mass is 10.2. The zero-order chi connectivity index (χ0) is 18.2. The molecule has 2 rings (SSSR count).